The van der Waals surface area contributed by atoms with E-state index >= 15 is 0 Å². The predicted molar refractivity (Wildman–Crippen MR) is 130 cm³/mol. The number of benzene rings is 2. The van der Waals surface area contributed by atoms with Crippen LogP contribution >= 0.6 is 15.9 Å². The van der Waals surface area contributed by atoms with E-state index in [1.54, 1.807) is 30.0 Å². The lowest BCUT2D eigenvalue weighted by molar-refractivity contribution is 0.101. The van der Waals surface area contributed by atoms with E-state index in [4.69, 9.17) is 4.74 Å². The second-order valence-corrected chi connectivity index (χ2v) is 8.55. The van der Waals surface area contributed by atoms with E-state index in [0.717, 1.165) is 15.7 Å². The standard InChI is InChI=1S/C24H23BrN6O2/c1-5-30-20(10-14(2)29-30)23(32)28-24-27-19-11-16(13-26)12-21(33-4)22(19)31(24)15(3)17-6-8-18(25)9-7-17/h6-12,15H,5H2,1-4H3,(H,27,28,32). The predicted octanol–water partition coefficient (Wildman–Crippen LogP) is 5.07. The lowest BCUT2D eigenvalue weighted by Crippen LogP contribution is -2.21. The van der Waals surface area contributed by atoms with E-state index in [2.05, 4.69) is 37.4 Å². The molecule has 9 heteroatoms. The number of imidazole rings is 1. The lowest BCUT2D eigenvalue weighted by atomic mass is 10.1. The number of carbonyl (C=O) groups excluding carboxylic acids is 1. The molecule has 2 aromatic heterocycles. The number of hydrogen-bond acceptors (Lipinski definition) is 5. The zero-order valence-corrected chi connectivity index (χ0v) is 20.3. The molecule has 0 fully saturated rings. The van der Waals surface area contributed by atoms with Gasteiger partial charge in [0.2, 0.25) is 5.95 Å². The molecule has 0 aliphatic rings. The third kappa shape index (κ3) is 4.22. The second kappa shape index (κ2) is 9.08. The highest BCUT2D eigenvalue weighted by atomic mass is 79.9. The molecule has 1 N–H and O–H groups in total. The van der Waals surface area contributed by atoms with Crippen LogP contribution in [0, 0.1) is 18.3 Å². The molecule has 0 radical (unpaired) electrons. The number of carbonyl (C=O) groups is 1. The maximum atomic E-state index is 13.2. The highest BCUT2D eigenvalue weighted by Gasteiger charge is 2.24. The van der Waals surface area contributed by atoms with Crippen LogP contribution in [0.1, 0.15) is 47.2 Å². The number of nitrogens with zero attached hydrogens (tertiary/aromatic N) is 5. The van der Waals surface area contributed by atoms with Crippen molar-refractivity contribution in [2.75, 3.05) is 12.4 Å². The van der Waals surface area contributed by atoms with Crippen LogP contribution in [0.3, 0.4) is 0 Å². The Morgan fingerprint density at radius 2 is 2.00 bits per heavy atom. The molecule has 1 atom stereocenters. The number of halogens is 1. The minimum absolute atomic E-state index is 0.182. The maximum absolute atomic E-state index is 13.2. The normalized spacial score (nSPS) is 11.9. The number of ether oxygens (including phenoxy) is 1. The van der Waals surface area contributed by atoms with Gasteiger partial charge in [-0.3, -0.25) is 19.4 Å². The molecule has 1 amide bonds. The number of anilines is 1. The van der Waals surface area contributed by atoms with Crippen LogP contribution in [0.25, 0.3) is 11.0 Å². The lowest BCUT2D eigenvalue weighted by Gasteiger charge is -2.19. The number of methoxy groups -OCH3 is 1. The van der Waals surface area contributed by atoms with Gasteiger partial charge < -0.3 is 4.74 Å². The largest absolute Gasteiger partial charge is 0.494 e. The monoisotopic (exact) mass is 506 g/mol. The van der Waals surface area contributed by atoms with Crippen LogP contribution in [0.15, 0.2) is 46.9 Å². The molecule has 0 saturated heterocycles. The SMILES string of the molecule is CCn1nc(C)cc1C(=O)Nc1nc2cc(C#N)cc(OC)c2n1C(C)c1ccc(Br)cc1. The van der Waals surface area contributed by atoms with E-state index < -0.39 is 0 Å². The first kappa shape index (κ1) is 22.6. The Labute approximate surface area is 199 Å². The van der Waals surface area contributed by atoms with Gasteiger partial charge in [-0.2, -0.15) is 10.4 Å². The van der Waals surface area contributed by atoms with Crippen molar-refractivity contribution in [3.8, 4) is 11.8 Å². The van der Waals surface area contributed by atoms with Gasteiger partial charge in [-0.15, -0.1) is 0 Å². The molecule has 4 aromatic rings. The van der Waals surface area contributed by atoms with Gasteiger partial charge >= 0.3 is 0 Å². The second-order valence-electron chi connectivity index (χ2n) is 7.63. The van der Waals surface area contributed by atoms with Gasteiger partial charge in [-0.05, 0) is 50.6 Å². The van der Waals surface area contributed by atoms with Gasteiger partial charge in [0.25, 0.3) is 5.91 Å². The van der Waals surface area contributed by atoms with Crippen LogP contribution in [0.4, 0.5) is 5.95 Å². The number of nitrogens with one attached hydrogen (secondary N) is 1. The number of nitriles is 1. The van der Waals surface area contributed by atoms with Crippen molar-refractivity contribution >= 4 is 38.8 Å². The summed E-state index contributed by atoms with van der Waals surface area (Å²) >= 11 is 3.48. The van der Waals surface area contributed by atoms with Crippen molar-refractivity contribution in [3.05, 3.63) is 69.5 Å². The molecular weight excluding hydrogens is 484 g/mol. The van der Waals surface area contributed by atoms with E-state index in [0.29, 0.717) is 40.5 Å². The van der Waals surface area contributed by atoms with Gasteiger partial charge in [0.1, 0.15) is 17.0 Å². The molecule has 4 rings (SSSR count). The van der Waals surface area contributed by atoms with Crippen molar-refractivity contribution in [2.24, 2.45) is 0 Å². The Hall–Kier alpha value is -3.64. The molecule has 8 nitrogen and oxygen atoms in total. The minimum Gasteiger partial charge on any atom is -0.494 e. The Kier molecular flexibility index (Phi) is 6.20. The summed E-state index contributed by atoms with van der Waals surface area (Å²) in [5.74, 6) is 0.562. The van der Waals surface area contributed by atoms with Crippen molar-refractivity contribution in [3.63, 3.8) is 0 Å². The number of amides is 1. The van der Waals surface area contributed by atoms with Crippen LogP contribution in [-0.2, 0) is 6.54 Å². The first-order chi connectivity index (χ1) is 15.9. The number of rotatable bonds is 6. The number of hydrogen-bond donors (Lipinski definition) is 1. The average molecular weight is 507 g/mol. The van der Waals surface area contributed by atoms with E-state index in [9.17, 15) is 10.1 Å². The van der Waals surface area contributed by atoms with Crippen molar-refractivity contribution in [1.29, 1.82) is 5.26 Å². The zero-order valence-electron chi connectivity index (χ0n) is 18.8. The summed E-state index contributed by atoms with van der Waals surface area (Å²) in [5.41, 5.74) is 3.92. The van der Waals surface area contributed by atoms with Gasteiger partial charge in [0.15, 0.2) is 0 Å². The minimum atomic E-state index is -0.309. The fourth-order valence-corrected chi connectivity index (χ4v) is 4.17. The molecule has 0 aliphatic heterocycles. The van der Waals surface area contributed by atoms with E-state index in [-0.39, 0.29) is 11.9 Å². The summed E-state index contributed by atoms with van der Waals surface area (Å²) in [6.45, 7) is 6.38. The van der Waals surface area contributed by atoms with Gasteiger partial charge in [-0.1, -0.05) is 28.1 Å². The van der Waals surface area contributed by atoms with Crippen LogP contribution in [0.5, 0.6) is 5.75 Å². The zero-order chi connectivity index (χ0) is 23.7. The molecule has 0 bridgehead atoms. The van der Waals surface area contributed by atoms with Gasteiger partial charge in [0.05, 0.1) is 36.0 Å². The van der Waals surface area contributed by atoms with Gasteiger partial charge in [0, 0.05) is 17.1 Å². The summed E-state index contributed by atoms with van der Waals surface area (Å²) < 4.78 is 10.2. The highest BCUT2D eigenvalue weighted by Crippen LogP contribution is 2.35. The molecule has 0 saturated carbocycles. The van der Waals surface area contributed by atoms with Crippen LogP contribution in [-0.4, -0.2) is 32.3 Å². The van der Waals surface area contributed by atoms with Gasteiger partial charge in [-0.25, -0.2) is 4.98 Å². The molecule has 1 unspecified atom stereocenters. The molecule has 2 aromatic carbocycles. The van der Waals surface area contributed by atoms with E-state index in [1.807, 2.05) is 49.6 Å². The highest BCUT2D eigenvalue weighted by molar-refractivity contribution is 9.10. The summed E-state index contributed by atoms with van der Waals surface area (Å²) in [7, 11) is 1.55. The fraction of sp³-hybridized carbons (Fsp3) is 0.250. The Morgan fingerprint density at radius 1 is 1.27 bits per heavy atom. The topological polar surface area (TPSA) is 97.8 Å². The van der Waals surface area contributed by atoms with Crippen molar-refractivity contribution in [2.45, 2.75) is 33.4 Å². The van der Waals surface area contributed by atoms with Crippen LogP contribution in [0.2, 0.25) is 0 Å². The third-order valence-electron chi connectivity index (χ3n) is 5.50. The first-order valence-electron chi connectivity index (χ1n) is 10.5. The summed E-state index contributed by atoms with van der Waals surface area (Å²) in [6, 6.07) is 15.0. The fourth-order valence-electron chi connectivity index (χ4n) is 3.91. The Balaban J connectivity index is 1.89. The quantitative estimate of drug-likeness (QED) is 0.393. The third-order valence-corrected chi connectivity index (χ3v) is 6.03. The van der Waals surface area contributed by atoms with E-state index in [1.165, 1.54) is 0 Å². The average Bonchev–Trinajstić information content (AvgIpc) is 3.37. The Morgan fingerprint density at radius 3 is 2.64 bits per heavy atom. The summed E-state index contributed by atoms with van der Waals surface area (Å²) in [5, 5.41) is 16.8. The molecule has 2 heterocycles. The molecule has 0 aliphatic carbocycles. The van der Waals surface area contributed by atoms with Crippen LogP contribution < -0.4 is 10.1 Å². The number of aryl methyl sites for hydroxylation is 2. The number of aromatic nitrogens is 4. The molecule has 168 valence electrons. The molecular formula is C24H23BrN6O2. The smallest absolute Gasteiger partial charge is 0.276 e. The molecule has 33 heavy (non-hydrogen) atoms. The first-order valence-corrected chi connectivity index (χ1v) is 11.3. The number of fused-ring (bicyclic) bond motifs is 1. The summed E-state index contributed by atoms with van der Waals surface area (Å²) in [6.07, 6.45) is 0. The summed E-state index contributed by atoms with van der Waals surface area (Å²) in [4.78, 5) is 17.9. The maximum Gasteiger partial charge on any atom is 0.276 e. The van der Waals surface area contributed by atoms with Crippen molar-refractivity contribution in [1.82, 2.24) is 19.3 Å². The Bertz CT molecular complexity index is 1380. The van der Waals surface area contributed by atoms with Crippen molar-refractivity contribution < 1.29 is 9.53 Å². The molecule has 0 spiro atoms.